The molecule has 0 aliphatic carbocycles. The molecule has 0 saturated carbocycles. The van der Waals surface area contributed by atoms with Crippen LogP contribution in [0.3, 0.4) is 0 Å². The topological polar surface area (TPSA) is 61.4 Å². The van der Waals surface area contributed by atoms with E-state index in [1.54, 1.807) is 14.1 Å². The number of hydrogen-bond donors (Lipinski definition) is 2. The van der Waals surface area contributed by atoms with Crippen LogP contribution < -0.4 is 10.6 Å². The van der Waals surface area contributed by atoms with E-state index in [2.05, 4.69) is 10.6 Å². The molecule has 0 bridgehead atoms. The van der Waals surface area contributed by atoms with Gasteiger partial charge in [0.25, 0.3) is 0 Å². The van der Waals surface area contributed by atoms with Crippen molar-refractivity contribution in [2.75, 3.05) is 27.2 Å². The molecule has 1 aliphatic rings. The number of alkyl halides is 3. The molecule has 2 N–H and O–H groups in total. The van der Waals surface area contributed by atoms with Gasteiger partial charge in [0.2, 0.25) is 11.8 Å². The fraction of sp³-hybridized carbons (Fsp3) is 0.833. The van der Waals surface area contributed by atoms with Gasteiger partial charge in [-0.25, -0.2) is 0 Å². The Kier molecular flexibility index (Phi) is 5.79. The Labute approximate surface area is 115 Å². The molecule has 1 fully saturated rings. The highest BCUT2D eigenvalue weighted by molar-refractivity contribution is 5.82. The number of amides is 2. The number of halogens is 3. The molecule has 0 aromatic heterocycles. The first-order chi connectivity index (χ1) is 9.21. The molecule has 1 rings (SSSR count). The smallest absolute Gasteiger partial charge is 0.354 e. The third-order valence-electron chi connectivity index (χ3n) is 3.33. The van der Waals surface area contributed by atoms with Crippen molar-refractivity contribution in [1.29, 1.82) is 0 Å². The van der Waals surface area contributed by atoms with E-state index in [0.29, 0.717) is 0 Å². The maximum atomic E-state index is 12.5. The van der Waals surface area contributed by atoms with Crippen molar-refractivity contribution in [1.82, 2.24) is 15.5 Å². The lowest BCUT2D eigenvalue weighted by atomic mass is 9.94. The first-order valence-corrected chi connectivity index (χ1v) is 6.49. The lowest BCUT2D eigenvalue weighted by Crippen LogP contribution is -2.51. The number of hydrogen-bond acceptors (Lipinski definition) is 3. The molecule has 2 amide bonds. The highest BCUT2D eigenvalue weighted by Gasteiger charge is 2.42. The van der Waals surface area contributed by atoms with Gasteiger partial charge >= 0.3 is 6.18 Å². The second-order valence-corrected chi connectivity index (χ2v) is 5.11. The molecular weight excluding hydrogens is 275 g/mol. The van der Waals surface area contributed by atoms with E-state index in [0.717, 1.165) is 0 Å². The minimum absolute atomic E-state index is 0.0504. The standard InChI is InChI=1S/C12H20F3N3O2/c1-18(2)10(19)5-6-16-11(20)9-4-3-8(7-17-9)12(13,14)15/h8-9,17H,3-7H2,1-2H3,(H,16,20). The van der Waals surface area contributed by atoms with Gasteiger partial charge in [0, 0.05) is 33.6 Å². The summed E-state index contributed by atoms with van der Waals surface area (Å²) < 4.78 is 37.4. The summed E-state index contributed by atoms with van der Waals surface area (Å²) in [6, 6.07) is -0.608. The maximum absolute atomic E-state index is 12.5. The van der Waals surface area contributed by atoms with Crippen molar-refractivity contribution >= 4 is 11.8 Å². The number of piperidine rings is 1. The lowest BCUT2D eigenvalue weighted by Gasteiger charge is -2.30. The molecule has 2 atom stereocenters. The van der Waals surface area contributed by atoms with E-state index < -0.39 is 18.1 Å². The Balaban J connectivity index is 2.28. The molecule has 20 heavy (non-hydrogen) atoms. The number of nitrogens with one attached hydrogen (secondary N) is 2. The van der Waals surface area contributed by atoms with Gasteiger partial charge in [0.1, 0.15) is 0 Å². The molecule has 1 aliphatic heterocycles. The van der Waals surface area contributed by atoms with Gasteiger partial charge in [-0.1, -0.05) is 0 Å². The van der Waals surface area contributed by atoms with Crippen LogP contribution in [-0.4, -0.2) is 56.1 Å². The Morgan fingerprint density at radius 2 is 1.95 bits per heavy atom. The average molecular weight is 295 g/mol. The van der Waals surface area contributed by atoms with Gasteiger partial charge in [0.05, 0.1) is 12.0 Å². The van der Waals surface area contributed by atoms with Gasteiger partial charge in [-0.05, 0) is 12.8 Å². The minimum Gasteiger partial charge on any atom is -0.354 e. The number of rotatable bonds is 4. The van der Waals surface area contributed by atoms with E-state index in [1.165, 1.54) is 4.90 Å². The maximum Gasteiger partial charge on any atom is 0.393 e. The summed E-state index contributed by atoms with van der Waals surface area (Å²) in [5.74, 6) is -1.85. The van der Waals surface area contributed by atoms with Gasteiger partial charge in [-0.3, -0.25) is 9.59 Å². The van der Waals surface area contributed by atoms with Crippen molar-refractivity contribution in [3.63, 3.8) is 0 Å². The molecule has 116 valence electrons. The third kappa shape index (κ3) is 4.99. The monoisotopic (exact) mass is 295 g/mol. The fourth-order valence-corrected chi connectivity index (χ4v) is 2.00. The highest BCUT2D eigenvalue weighted by atomic mass is 19.4. The Morgan fingerprint density at radius 3 is 2.40 bits per heavy atom. The predicted molar refractivity (Wildman–Crippen MR) is 66.9 cm³/mol. The number of nitrogens with zero attached hydrogens (tertiary/aromatic N) is 1. The Morgan fingerprint density at radius 1 is 1.30 bits per heavy atom. The zero-order chi connectivity index (χ0) is 15.3. The minimum atomic E-state index is -4.22. The van der Waals surface area contributed by atoms with Gasteiger partial charge in [0.15, 0.2) is 0 Å². The zero-order valence-electron chi connectivity index (χ0n) is 11.6. The summed E-state index contributed by atoms with van der Waals surface area (Å²) in [7, 11) is 3.23. The normalized spacial score (nSPS) is 23.2. The van der Waals surface area contributed by atoms with Crippen molar-refractivity contribution < 1.29 is 22.8 Å². The van der Waals surface area contributed by atoms with Crippen molar-refractivity contribution in [3.8, 4) is 0 Å². The molecular formula is C12H20F3N3O2. The van der Waals surface area contributed by atoms with Crippen LogP contribution in [0, 0.1) is 5.92 Å². The van der Waals surface area contributed by atoms with Crippen LogP contribution in [0.1, 0.15) is 19.3 Å². The first-order valence-electron chi connectivity index (χ1n) is 6.49. The quantitative estimate of drug-likeness (QED) is 0.794. The second kappa shape index (κ2) is 6.92. The van der Waals surface area contributed by atoms with E-state index in [9.17, 15) is 22.8 Å². The van der Waals surface area contributed by atoms with E-state index in [-0.39, 0.29) is 44.2 Å². The molecule has 0 aromatic rings. The average Bonchev–Trinajstić information content (AvgIpc) is 2.37. The summed E-state index contributed by atoms with van der Waals surface area (Å²) in [4.78, 5) is 24.4. The Bertz CT molecular complexity index is 350. The molecule has 1 saturated heterocycles. The third-order valence-corrected chi connectivity index (χ3v) is 3.33. The van der Waals surface area contributed by atoms with Crippen molar-refractivity contribution in [3.05, 3.63) is 0 Å². The van der Waals surface area contributed by atoms with Crippen LogP contribution >= 0.6 is 0 Å². The first kappa shape index (κ1) is 16.7. The lowest BCUT2D eigenvalue weighted by molar-refractivity contribution is -0.180. The molecule has 5 nitrogen and oxygen atoms in total. The summed E-state index contributed by atoms with van der Waals surface area (Å²) in [6.45, 7) is -0.0467. The van der Waals surface area contributed by atoms with E-state index in [1.807, 2.05) is 0 Å². The molecule has 8 heteroatoms. The predicted octanol–water partition coefficient (Wildman–Crippen LogP) is 0.511. The summed E-state index contributed by atoms with van der Waals surface area (Å²) >= 11 is 0. The van der Waals surface area contributed by atoms with Gasteiger partial charge in [-0.15, -0.1) is 0 Å². The van der Waals surface area contributed by atoms with E-state index >= 15 is 0 Å². The zero-order valence-corrected chi connectivity index (χ0v) is 11.6. The van der Waals surface area contributed by atoms with E-state index in [4.69, 9.17) is 0 Å². The van der Waals surface area contributed by atoms with Crippen molar-refractivity contribution in [2.24, 2.45) is 5.92 Å². The summed E-state index contributed by atoms with van der Waals surface area (Å²) in [6.07, 6.45) is -3.94. The number of carbonyl (C=O) groups is 2. The van der Waals surface area contributed by atoms with Gasteiger partial charge < -0.3 is 15.5 Å². The Hall–Kier alpha value is -1.31. The molecule has 1 heterocycles. The summed E-state index contributed by atoms with van der Waals surface area (Å²) in [5.41, 5.74) is 0. The van der Waals surface area contributed by atoms with Crippen LogP contribution in [0.15, 0.2) is 0 Å². The molecule has 0 aromatic carbocycles. The fourth-order valence-electron chi connectivity index (χ4n) is 2.00. The van der Waals surface area contributed by atoms with Crippen LogP contribution in [0.25, 0.3) is 0 Å². The number of carbonyl (C=O) groups excluding carboxylic acids is 2. The molecule has 0 spiro atoms. The van der Waals surface area contributed by atoms with Gasteiger partial charge in [-0.2, -0.15) is 13.2 Å². The molecule has 2 unspecified atom stereocenters. The largest absolute Gasteiger partial charge is 0.393 e. The SMILES string of the molecule is CN(C)C(=O)CCNC(=O)C1CCC(C(F)(F)F)CN1. The van der Waals surface area contributed by atoms with Crippen molar-refractivity contribution in [2.45, 2.75) is 31.5 Å². The summed E-state index contributed by atoms with van der Waals surface area (Å²) in [5, 5.41) is 5.17. The van der Waals surface area contributed by atoms with Crippen LogP contribution in [0.4, 0.5) is 13.2 Å². The highest BCUT2D eigenvalue weighted by Crippen LogP contribution is 2.31. The molecule has 0 radical (unpaired) electrons. The second-order valence-electron chi connectivity index (χ2n) is 5.11. The van der Waals surface area contributed by atoms with Crippen LogP contribution in [-0.2, 0) is 9.59 Å². The van der Waals surface area contributed by atoms with Crippen LogP contribution in [0.5, 0.6) is 0 Å². The van der Waals surface area contributed by atoms with Crippen LogP contribution in [0.2, 0.25) is 0 Å².